The first-order valence-electron chi connectivity index (χ1n) is 9.57. The maximum Gasteiger partial charge on any atom is 0.254 e. The molecule has 31 heavy (non-hydrogen) atoms. The molecule has 7 heteroatoms. The Hall–Kier alpha value is -3.35. The van der Waals surface area contributed by atoms with Crippen LogP contribution in [0.25, 0.3) is 0 Å². The number of hydrogen-bond acceptors (Lipinski definition) is 4. The average molecular weight is 440 g/mol. The van der Waals surface area contributed by atoms with Gasteiger partial charge in [-0.25, -0.2) is 0 Å². The molecule has 1 unspecified atom stereocenters. The Balaban J connectivity index is 0.00000341. The normalized spacial score (nSPS) is 11.1. The summed E-state index contributed by atoms with van der Waals surface area (Å²) in [4.78, 5) is 12.6. The first-order valence-corrected chi connectivity index (χ1v) is 9.57. The first kappa shape index (κ1) is 23.9. The number of amidine groups is 1. The summed E-state index contributed by atoms with van der Waals surface area (Å²) < 4.78 is 11.2. The van der Waals surface area contributed by atoms with Gasteiger partial charge in [0.1, 0.15) is 18.2 Å². The summed E-state index contributed by atoms with van der Waals surface area (Å²) in [5, 5.41) is 10.3. The summed E-state index contributed by atoms with van der Waals surface area (Å²) in [6.07, 6.45) is -0.718. The third kappa shape index (κ3) is 6.84. The van der Waals surface area contributed by atoms with Gasteiger partial charge in [0.15, 0.2) is 6.10 Å². The third-order valence-corrected chi connectivity index (χ3v) is 4.64. The molecule has 0 aliphatic heterocycles. The van der Waals surface area contributed by atoms with Crippen molar-refractivity contribution in [2.24, 2.45) is 5.73 Å². The second-order valence-corrected chi connectivity index (χ2v) is 6.79. The molecule has 0 fully saturated rings. The number of nitrogens with one attached hydrogen (secondary N) is 2. The Bertz CT molecular complexity index is 977. The largest absolute Gasteiger partial charge is 0.489 e. The molecule has 0 heterocycles. The van der Waals surface area contributed by atoms with Crippen LogP contribution in [0.1, 0.15) is 28.4 Å². The molecule has 4 N–H and O–H groups in total. The van der Waals surface area contributed by atoms with Crippen molar-refractivity contribution in [3.63, 3.8) is 0 Å². The van der Waals surface area contributed by atoms with Crippen LogP contribution in [-0.2, 0) is 22.7 Å². The van der Waals surface area contributed by atoms with Gasteiger partial charge in [-0.05, 0) is 28.8 Å². The summed E-state index contributed by atoms with van der Waals surface area (Å²) in [7, 11) is 1.51. The molecule has 6 nitrogen and oxygen atoms in total. The zero-order valence-electron chi connectivity index (χ0n) is 17.2. The minimum atomic E-state index is -0.718. The maximum absolute atomic E-state index is 12.6. The van der Waals surface area contributed by atoms with Gasteiger partial charge < -0.3 is 20.5 Å². The van der Waals surface area contributed by atoms with E-state index >= 15 is 0 Å². The van der Waals surface area contributed by atoms with Crippen LogP contribution in [0.4, 0.5) is 0 Å². The Morgan fingerprint density at radius 2 is 1.61 bits per heavy atom. The number of hydrogen-bond donors (Lipinski definition) is 3. The van der Waals surface area contributed by atoms with Crippen LogP contribution in [0.3, 0.4) is 0 Å². The zero-order valence-corrected chi connectivity index (χ0v) is 18.0. The van der Waals surface area contributed by atoms with Crippen LogP contribution in [0.15, 0.2) is 78.9 Å². The quantitative estimate of drug-likeness (QED) is 0.347. The summed E-state index contributed by atoms with van der Waals surface area (Å²) in [6, 6.07) is 24.4. The lowest BCUT2D eigenvalue weighted by molar-refractivity contribution is -0.131. The highest BCUT2D eigenvalue weighted by molar-refractivity contribution is 5.94. The Morgan fingerprint density at radius 3 is 2.19 bits per heavy atom. The van der Waals surface area contributed by atoms with Gasteiger partial charge in [-0.2, -0.15) is 0 Å². The molecule has 0 radical (unpaired) electrons. The van der Waals surface area contributed by atoms with Crippen LogP contribution in [0.5, 0.6) is 5.75 Å². The lowest BCUT2D eigenvalue weighted by atomic mass is 10.1. The number of halogens is 1. The molecule has 3 rings (SSSR count). The van der Waals surface area contributed by atoms with Crippen LogP contribution in [-0.4, -0.2) is 18.9 Å². The number of ether oxygens (including phenoxy) is 2. The number of carbonyl (C=O) groups excluding carboxylic acids is 1. The fourth-order valence-electron chi connectivity index (χ4n) is 2.96. The molecular formula is C24H26ClN3O3. The van der Waals surface area contributed by atoms with Crippen LogP contribution in [0.2, 0.25) is 0 Å². The Labute approximate surface area is 188 Å². The highest BCUT2D eigenvalue weighted by Crippen LogP contribution is 2.21. The Morgan fingerprint density at radius 1 is 0.968 bits per heavy atom. The summed E-state index contributed by atoms with van der Waals surface area (Å²) in [5.74, 6) is 0.510. The number of amides is 1. The molecule has 3 aromatic rings. The van der Waals surface area contributed by atoms with E-state index in [1.165, 1.54) is 7.11 Å². The van der Waals surface area contributed by atoms with Crippen molar-refractivity contribution in [1.29, 1.82) is 5.41 Å². The average Bonchev–Trinajstić information content (AvgIpc) is 2.78. The van der Waals surface area contributed by atoms with Gasteiger partial charge in [0.2, 0.25) is 0 Å². The number of benzene rings is 3. The predicted molar refractivity (Wildman–Crippen MR) is 124 cm³/mol. The molecule has 0 spiro atoms. The molecule has 0 aromatic heterocycles. The van der Waals surface area contributed by atoms with Crippen molar-refractivity contribution in [2.75, 3.05) is 7.11 Å². The number of rotatable bonds is 9. The predicted octanol–water partition coefficient (Wildman–Crippen LogP) is 3.98. The molecule has 0 saturated carbocycles. The SMILES string of the molecule is COC(C(=O)NCc1ccc(C(=N)N)cc1)c1ccc(OCc2ccccc2)cc1.Cl. The third-order valence-electron chi connectivity index (χ3n) is 4.64. The molecule has 0 saturated heterocycles. The van der Waals surface area contributed by atoms with Gasteiger partial charge in [-0.15, -0.1) is 12.4 Å². The van der Waals surface area contributed by atoms with E-state index in [0.717, 1.165) is 22.4 Å². The van der Waals surface area contributed by atoms with Gasteiger partial charge in [-0.3, -0.25) is 10.2 Å². The van der Waals surface area contributed by atoms with E-state index in [2.05, 4.69) is 5.32 Å². The molecule has 1 atom stereocenters. The van der Waals surface area contributed by atoms with Gasteiger partial charge in [-0.1, -0.05) is 66.7 Å². The van der Waals surface area contributed by atoms with Gasteiger partial charge in [0.05, 0.1) is 0 Å². The zero-order chi connectivity index (χ0) is 21.3. The summed E-state index contributed by atoms with van der Waals surface area (Å²) in [6.45, 7) is 0.839. The van der Waals surface area contributed by atoms with Crippen LogP contribution in [0, 0.1) is 5.41 Å². The van der Waals surface area contributed by atoms with Crippen LogP contribution >= 0.6 is 12.4 Å². The summed E-state index contributed by atoms with van der Waals surface area (Å²) in [5.41, 5.74) is 8.85. The van der Waals surface area contributed by atoms with Crippen molar-refractivity contribution in [3.8, 4) is 5.75 Å². The number of methoxy groups -OCH3 is 1. The highest BCUT2D eigenvalue weighted by Gasteiger charge is 2.19. The van der Waals surface area contributed by atoms with E-state index in [-0.39, 0.29) is 24.1 Å². The maximum atomic E-state index is 12.6. The van der Waals surface area contributed by atoms with Crippen molar-refractivity contribution < 1.29 is 14.3 Å². The molecule has 0 aliphatic rings. The van der Waals surface area contributed by atoms with Gasteiger partial charge in [0.25, 0.3) is 5.91 Å². The Kier molecular flexibility index (Phi) is 9.06. The number of carbonyl (C=O) groups is 1. The highest BCUT2D eigenvalue weighted by atomic mass is 35.5. The topological polar surface area (TPSA) is 97.4 Å². The van der Waals surface area contributed by atoms with E-state index < -0.39 is 6.10 Å². The van der Waals surface area contributed by atoms with E-state index in [9.17, 15) is 4.79 Å². The molecule has 162 valence electrons. The lowest BCUT2D eigenvalue weighted by Gasteiger charge is -2.16. The van der Waals surface area contributed by atoms with E-state index in [1.54, 1.807) is 12.1 Å². The minimum Gasteiger partial charge on any atom is -0.489 e. The van der Waals surface area contributed by atoms with Crippen molar-refractivity contribution in [3.05, 3.63) is 101 Å². The number of nitrogens with two attached hydrogens (primary N) is 1. The lowest BCUT2D eigenvalue weighted by Crippen LogP contribution is -2.30. The van der Waals surface area contributed by atoms with Crippen molar-refractivity contribution in [2.45, 2.75) is 19.3 Å². The van der Waals surface area contributed by atoms with Crippen LogP contribution < -0.4 is 15.8 Å². The molecule has 3 aromatic carbocycles. The van der Waals surface area contributed by atoms with Crippen molar-refractivity contribution >= 4 is 24.1 Å². The fourth-order valence-corrected chi connectivity index (χ4v) is 2.96. The van der Waals surface area contributed by atoms with E-state index in [4.69, 9.17) is 20.6 Å². The monoisotopic (exact) mass is 439 g/mol. The smallest absolute Gasteiger partial charge is 0.254 e. The van der Waals surface area contributed by atoms with Gasteiger partial charge in [0, 0.05) is 19.2 Å². The first-order chi connectivity index (χ1) is 14.6. The number of nitrogen functional groups attached to an aromatic ring is 1. The minimum absolute atomic E-state index is 0. The fraction of sp³-hybridized carbons (Fsp3) is 0.167. The standard InChI is InChI=1S/C24H25N3O3.ClH/c1-29-22(24(28)27-15-17-7-9-20(10-8-17)23(25)26)19-11-13-21(14-12-19)30-16-18-5-3-2-4-6-18;/h2-14,22H,15-16H2,1H3,(H3,25,26)(H,27,28);1H. The molecule has 1 amide bonds. The van der Waals surface area contributed by atoms with E-state index in [0.29, 0.717) is 18.7 Å². The second-order valence-electron chi connectivity index (χ2n) is 6.79. The second kappa shape index (κ2) is 11.7. The molecule has 0 aliphatic carbocycles. The molecular weight excluding hydrogens is 414 g/mol. The molecule has 0 bridgehead atoms. The van der Waals surface area contributed by atoms with Gasteiger partial charge >= 0.3 is 0 Å². The van der Waals surface area contributed by atoms with Crippen molar-refractivity contribution in [1.82, 2.24) is 5.32 Å². The summed E-state index contributed by atoms with van der Waals surface area (Å²) >= 11 is 0. The van der Waals surface area contributed by atoms with E-state index in [1.807, 2.05) is 66.7 Å².